The van der Waals surface area contributed by atoms with Gasteiger partial charge < -0.3 is 4.90 Å². The van der Waals surface area contributed by atoms with Gasteiger partial charge >= 0.3 is 0 Å². The number of amides is 1. The fraction of sp³-hybridized carbons (Fsp3) is 0.250. The van der Waals surface area contributed by atoms with E-state index < -0.39 is 0 Å². The van der Waals surface area contributed by atoms with Crippen LogP contribution in [-0.2, 0) is 13.6 Å². The highest BCUT2D eigenvalue weighted by molar-refractivity contribution is 5.91. The number of pyridine rings is 1. The van der Waals surface area contributed by atoms with Crippen molar-refractivity contribution in [1.29, 1.82) is 0 Å². The molecular formula is C12H14N4O. The Hall–Kier alpha value is -2.17. The van der Waals surface area contributed by atoms with Gasteiger partial charge in [-0.05, 0) is 12.1 Å². The Morgan fingerprint density at radius 1 is 1.47 bits per heavy atom. The molecule has 0 saturated heterocycles. The van der Waals surface area contributed by atoms with E-state index >= 15 is 0 Å². The van der Waals surface area contributed by atoms with Gasteiger partial charge in [0.25, 0.3) is 5.91 Å². The molecule has 5 nitrogen and oxygen atoms in total. The fourth-order valence-corrected chi connectivity index (χ4v) is 1.58. The minimum absolute atomic E-state index is 0.0885. The second kappa shape index (κ2) is 4.78. The number of aryl methyl sites for hydroxylation is 1. The lowest BCUT2D eigenvalue weighted by Gasteiger charge is -2.15. The summed E-state index contributed by atoms with van der Waals surface area (Å²) in [5.74, 6) is -0.0885. The number of carbonyl (C=O) groups is 1. The van der Waals surface area contributed by atoms with Crippen LogP contribution in [0.2, 0.25) is 0 Å². The first-order valence-electron chi connectivity index (χ1n) is 5.31. The number of nitrogens with zero attached hydrogens (tertiary/aromatic N) is 4. The predicted octanol–water partition coefficient (Wildman–Crippen LogP) is 1.09. The first-order valence-corrected chi connectivity index (χ1v) is 5.31. The van der Waals surface area contributed by atoms with E-state index in [9.17, 15) is 4.79 Å². The number of rotatable bonds is 3. The van der Waals surface area contributed by atoms with E-state index in [1.807, 2.05) is 13.2 Å². The zero-order valence-corrected chi connectivity index (χ0v) is 9.87. The van der Waals surface area contributed by atoms with Crippen LogP contribution in [0.3, 0.4) is 0 Å². The van der Waals surface area contributed by atoms with Crippen LogP contribution in [0.5, 0.6) is 0 Å². The number of hydrogen-bond donors (Lipinski definition) is 0. The third kappa shape index (κ3) is 2.69. The molecule has 0 saturated carbocycles. The summed E-state index contributed by atoms with van der Waals surface area (Å²) in [7, 11) is 3.61. The van der Waals surface area contributed by atoms with E-state index in [1.54, 1.807) is 47.2 Å². The van der Waals surface area contributed by atoms with Crippen molar-refractivity contribution < 1.29 is 4.79 Å². The van der Waals surface area contributed by atoms with Crippen molar-refractivity contribution in [3.05, 3.63) is 48.0 Å². The van der Waals surface area contributed by atoms with Crippen LogP contribution in [0.4, 0.5) is 0 Å². The maximum absolute atomic E-state index is 12.0. The second-order valence-corrected chi connectivity index (χ2v) is 3.90. The summed E-state index contributed by atoms with van der Waals surface area (Å²) in [6, 6.07) is 5.30. The van der Waals surface area contributed by atoms with Gasteiger partial charge in [-0.25, -0.2) is 0 Å². The summed E-state index contributed by atoms with van der Waals surface area (Å²) in [6.07, 6.45) is 5.26. The van der Waals surface area contributed by atoms with Crippen LogP contribution < -0.4 is 0 Å². The Labute approximate surface area is 99.7 Å². The Kier molecular flexibility index (Phi) is 3.18. The fourth-order valence-electron chi connectivity index (χ4n) is 1.58. The smallest absolute Gasteiger partial charge is 0.272 e. The monoisotopic (exact) mass is 230 g/mol. The summed E-state index contributed by atoms with van der Waals surface area (Å²) in [5, 5.41) is 4.06. The highest BCUT2D eigenvalue weighted by atomic mass is 16.2. The molecule has 0 radical (unpaired) electrons. The van der Waals surface area contributed by atoms with Gasteiger partial charge in [-0.2, -0.15) is 5.10 Å². The van der Waals surface area contributed by atoms with E-state index in [2.05, 4.69) is 10.1 Å². The molecule has 88 valence electrons. The van der Waals surface area contributed by atoms with Crippen molar-refractivity contribution in [2.75, 3.05) is 7.05 Å². The molecule has 0 fully saturated rings. The molecule has 0 unspecified atom stereocenters. The molecule has 2 aromatic heterocycles. The normalized spacial score (nSPS) is 10.2. The molecule has 5 heteroatoms. The molecule has 17 heavy (non-hydrogen) atoms. The molecule has 0 aliphatic heterocycles. The molecule has 0 aliphatic rings. The number of hydrogen-bond acceptors (Lipinski definition) is 3. The van der Waals surface area contributed by atoms with Gasteiger partial charge in [0.05, 0.1) is 6.20 Å². The van der Waals surface area contributed by atoms with E-state index in [4.69, 9.17) is 0 Å². The van der Waals surface area contributed by atoms with Gasteiger partial charge in [0.15, 0.2) is 0 Å². The van der Waals surface area contributed by atoms with Crippen LogP contribution in [0, 0.1) is 0 Å². The lowest BCUT2D eigenvalue weighted by molar-refractivity contribution is 0.0779. The Balaban J connectivity index is 2.06. The Bertz CT molecular complexity index is 506. The van der Waals surface area contributed by atoms with Gasteiger partial charge in [0.1, 0.15) is 5.69 Å². The third-order valence-electron chi connectivity index (χ3n) is 2.41. The summed E-state index contributed by atoms with van der Waals surface area (Å²) in [4.78, 5) is 17.7. The quantitative estimate of drug-likeness (QED) is 0.793. The van der Waals surface area contributed by atoms with Crippen molar-refractivity contribution in [2.24, 2.45) is 7.05 Å². The lowest BCUT2D eigenvalue weighted by atomic mass is 10.3. The highest BCUT2D eigenvalue weighted by Gasteiger charge is 2.13. The van der Waals surface area contributed by atoms with Crippen molar-refractivity contribution in [2.45, 2.75) is 6.54 Å². The van der Waals surface area contributed by atoms with Gasteiger partial charge in [-0.1, -0.05) is 6.07 Å². The molecule has 2 heterocycles. The Morgan fingerprint density at radius 2 is 2.29 bits per heavy atom. The molecule has 1 amide bonds. The second-order valence-electron chi connectivity index (χ2n) is 3.90. The lowest BCUT2D eigenvalue weighted by Crippen LogP contribution is -2.26. The first-order chi connectivity index (χ1) is 8.16. The summed E-state index contributed by atoms with van der Waals surface area (Å²) >= 11 is 0. The molecule has 0 bridgehead atoms. The minimum atomic E-state index is -0.0885. The SMILES string of the molecule is CN(Cc1cnn(C)c1)C(=O)c1ccccn1. The summed E-state index contributed by atoms with van der Waals surface area (Å²) in [6.45, 7) is 0.531. The topological polar surface area (TPSA) is 51.0 Å². The van der Waals surface area contributed by atoms with Gasteiger partial charge in [-0.15, -0.1) is 0 Å². The predicted molar refractivity (Wildman–Crippen MR) is 63.2 cm³/mol. The summed E-state index contributed by atoms with van der Waals surface area (Å²) < 4.78 is 1.72. The van der Waals surface area contributed by atoms with Gasteiger partial charge in [-0.3, -0.25) is 14.5 Å². The molecule has 0 N–H and O–H groups in total. The maximum Gasteiger partial charge on any atom is 0.272 e. The standard InChI is InChI=1S/C12H14N4O/c1-15(8-10-7-14-16(2)9-10)12(17)11-5-3-4-6-13-11/h3-7,9H,8H2,1-2H3. The number of aromatic nitrogens is 3. The highest BCUT2D eigenvalue weighted by Crippen LogP contribution is 2.05. The molecule has 2 rings (SSSR count). The first kappa shape index (κ1) is 11.3. The number of carbonyl (C=O) groups excluding carboxylic acids is 1. The van der Waals surface area contributed by atoms with Gasteiger partial charge in [0.2, 0.25) is 0 Å². The van der Waals surface area contributed by atoms with E-state index in [0.29, 0.717) is 12.2 Å². The largest absolute Gasteiger partial charge is 0.336 e. The molecule has 2 aromatic rings. The van der Waals surface area contributed by atoms with Crippen molar-refractivity contribution in [3.63, 3.8) is 0 Å². The zero-order chi connectivity index (χ0) is 12.3. The minimum Gasteiger partial charge on any atom is -0.336 e. The molecular weight excluding hydrogens is 216 g/mol. The van der Waals surface area contributed by atoms with Crippen LogP contribution in [0.25, 0.3) is 0 Å². The molecule has 0 atom stereocenters. The average molecular weight is 230 g/mol. The van der Waals surface area contributed by atoms with E-state index in [1.165, 1.54) is 0 Å². The zero-order valence-electron chi connectivity index (χ0n) is 9.87. The van der Waals surface area contributed by atoms with E-state index in [0.717, 1.165) is 5.56 Å². The van der Waals surface area contributed by atoms with Crippen molar-refractivity contribution in [1.82, 2.24) is 19.7 Å². The van der Waals surface area contributed by atoms with Crippen LogP contribution in [-0.4, -0.2) is 32.6 Å². The van der Waals surface area contributed by atoms with Crippen molar-refractivity contribution >= 4 is 5.91 Å². The summed E-state index contributed by atoms with van der Waals surface area (Å²) in [5.41, 5.74) is 1.46. The van der Waals surface area contributed by atoms with E-state index in [-0.39, 0.29) is 5.91 Å². The molecule has 0 spiro atoms. The van der Waals surface area contributed by atoms with Crippen LogP contribution in [0.1, 0.15) is 16.1 Å². The maximum atomic E-state index is 12.0. The third-order valence-corrected chi connectivity index (χ3v) is 2.41. The average Bonchev–Trinajstić information content (AvgIpc) is 2.75. The molecule has 0 aromatic carbocycles. The molecule has 0 aliphatic carbocycles. The van der Waals surface area contributed by atoms with Gasteiger partial charge in [0, 0.05) is 38.6 Å². The van der Waals surface area contributed by atoms with Crippen molar-refractivity contribution in [3.8, 4) is 0 Å². The van der Waals surface area contributed by atoms with Crippen LogP contribution >= 0.6 is 0 Å². The van der Waals surface area contributed by atoms with Crippen LogP contribution in [0.15, 0.2) is 36.8 Å². The Morgan fingerprint density at radius 3 is 2.88 bits per heavy atom.